The summed E-state index contributed by atoms with van der Waals surface area (Å²) in [5.41, 5.74) is -0.689. The Bertz CT molecular complexity index is 1180. The molecule has 38 heavy (non-hydrogen) atoms. The molecule has 2 aromatic carbocycles. The van der Waals surface area contributed by atoms with E-state index in [1.165, 1.54) is 0 Å². The van der Waals surface area contributed by atoms with Crippen molar-refractivity contribution in [1.82, 2.24) is 20.7 Å². The van der Waals surface area contributed by atoms with Gasteiger partial charge in [0.1, 0.15) is 11.9 Å². The maximum atomic E-state index is 13.3. The molecule has 0 saturated carbocycles. The molecule has 0 bridgehead atoms. The van der Waals surface area contributed by atoms with Crippen molar-refractivity contribution in [3.8, 4) is 0 Å². The van der Waals surface area contributed by atoms with Crippen molar-refractivity contribution in [1.29, 1.82) is 0 Å². The SMILES string of the molecule is CC(C)C[C@H](NC(=O)NCc1ccccc1)C(=O)NCCCCNS(=O)(=O)c1ccc(F)cc1C(F)(F)F. The molecule has 0 aliphatic heterocycles. The van der Waals surface area contributed by atoms with E-state index in [1.807, 2.05) is 44.2 Å². The zero-order chi connectivity index (χ0) is 28.3. The summed E-state index contributed by atoms with van der Waals surface area (Å²) in [5.74, 6) is -1.50. The molecule has 0 heterocycles. The first-order chi connectivity index (χ1) is 17.8. The van der Waals surface area contributed by atoms with Crippen LogP contribution in [-0.4, -0.2) is 39.5 Å². The van der Waals surface area contributed by atoms with E-state index in [-0.39, 0.29) is 31.5 Å². The van der Waals surface area contributed by atoms with Crippen molar-refractivity contribution in [2.24, 2.45) is 5.92 Å². The third-order valence-corrected chi connectivity index (χ3v) is 6.88. The van der Waals surface area contributed by atoms with Gasteiger partial charge in [0.2, 0.25) is 15.9 Å². The van der Waals surface area contributed by atoms with Gasteiger partial charge in [-0.15, -0.1) is 0 Å². The highest BCUT2D eigenvalue weighted by Crippen LogP contribution is 2.34. The number of carbonyl (C=O) groups excluding carboxylic acids is 2. The fourth-order valence-corrected chi connectivity index (χ4v) is 4.80. The molecule has 210 valence electrons. The number of hydrogen-bond acceptors (Lipinski definition) is 4. The monoisotopic (exact) mass is 560 g/mol. The number of benzene rings is 2. The molecule has 2 rings (SSSR count). The molecule has 1 atom stereocenters. The average Bonchev–Trinajstić information content (AvgIpc) is 2.84. The highest BCUT2D eigenvalue weighted by Gasteiger charge is 2.37. The van der Waals surface area contributed by atoms with Crippen LogP contribution in [0.25, 0.3) is 0 Å². The molecule has 8 nitrogen and oxygen atoms in total. The summed E-state index contributed by atoms with van der Waals surface area (Å²) < 4.78 is 79.4. The fraction of sp³-hybridized carbons (Fsp3) is 0.440. The van der Waals surface area contributed by atoms with Crippen LogP contribution in [-0.2, 0) is 27.5 Å². The van der Waals surface area contributed by atoms with Gasteiger partial charge in [-0.25, -0.2) is 22.3 Å². The molecule has 0 aromatic heterocycles. The Balaban J connectivity index is 1.81. The largest absolute Gasteiger partial charge is 0.417 e. The van der Waals surface area contributed by atoms with Crippen LogP contribution in [0.15, 0.2) is 53.4 Å². The van der Waals surface area contributed by atoms with Gasteiger partial charge in [-0.2, -0.15) is 13.2 Å². The zero-order valence-electron chi connectivity index (χ0n) is 21.1. The predicted octanol–water partition coefficient (Wildman–Crippen LogP) is 3.93. The zero-order valence-corrected chi connectivity index (χ0v) is 21.9. The van der Waals surface area contributed by atoms with Crippen molar-refractivity contribution < 1.29 is 35.6 Å². The number of nitrogens with one attached hydrogen (secondary N) is 4. The van der Waals surface area contributed by atoms with Crippen molar-refractivity contribution in [3.05, 3.63) is 65.5 Å². The normalized spacial score (nSPS) is 12.7. The van der Waals surface area contributed by atoms with Crippen LogP contribution >= 0.6 is 0 Å². The summed E-state index contributed by atoms with van der Waals surface area (Å²) in [6, 6.07) is 9.31. The van der Waals surface area contributed by atoms with Crippen LogP contribution in [0.1, 0.15) is 44.2 Å². The van der Waals surface area contributed by atoms with Crippen LogP contribution in [0.2, 0.25) is 0 Å². The summed E-state index contributed by atoms with van der Waals surface area (Å²) in [6.45, 7) is 4.07. The number of unbranched alkanes of at least 4 members (excludes halogenated alkanes) is 1. The van der Waals surface area contributed by atoms with Gasteiger partial charge >= 0.3 is 12.2 Å². The molecule has 13 heteroatoms. The first-order valence-electron chi connectivity index (χ1n) is 12.0. The second-order valence-corrected chi connectivity index (χ2v) is 10.8. The van der Waals surface area contributed by atoms with Crippen LogP contribution < -0.4 is 20.7 Å². The number of halogens is 4. The molecule has 3 amide bonds. The predicted molar refractivity (Wildman–Crippen MR) is 134 cm³/mol. The average molecular weight is 561 g/mol. The smallest absolute Gasteiger partial charge is 0.354 e. The van der Waals surface area contributed by atoms with Crippen LogP contribution in [0.3, 0.4) is 0 Å². The van der Waals surface area contributed by atoms with Crippen LogP contribution in [0.4, 0.5) is 22.4 Å². The molecular formula is C25H32F4N4O4S. The topological polar surface area (TPSA) is 116 Å². The third kappa shape index (κ3) is 10.3. The first-order valence-corrected chi connectivity index (χ1v) is 13.5. The summed E-state index contributed by atoms with van der Waals surface area (Å²) in [7, 11) is -4.54. The lowest BCUT2D eigenvalue weighted by Gasteiger charge is -2.20. The molecule has 2 aromatic rings. The van der Waals surface area contributed by atoms with Crippen LogP contribution in [0.5, 0.6) is 0 Å². The van der Waals surface area contributed by atoms with Gasteiger partial charge in [-0.05, 0) is 48.9 Å². The number of alkyl halides is 3. The standard InChI is InChI=1S/C25H32F4N4O4S/c1-17(2)14-21(33-24(35)31-16-18-8-4-3-5-9-18)23(34)30-12-6-7-13-32-38(36,37)22-11-10-19(26)15-20(22)25(27,28)29/h3-5,8-11,15,17,21,32H,6-7,12-14,16H2,1-2H3,(H,30,34)(H2,31,33,35)/t21-/m0/s1. The maximum Gasteiger partial charge on any atom is 0.417 e. The molecule has 0 unspecified atom stereocenters. The minimum Gasteiger partial charge on any atom is -0.354 e. The maximum absolute atomic E-state index is 13.3. The summed E-state index contributed by atoms with van der Waals surface area (Å²) in [4.78, 5) is 23.8. The van der Waals surface area contributed by atoms with Gasteiger partial charge in [-0.3, -0.25) is 4.79 Å². The van der Waals surface area contributed by atoms with E-state index in [0.717, 1.165) is 5.56 Å². The van der Waals surface area contributed by atoms with E-state index in [9.17, 15) is 35.6 Å². The van der Waals surface area contributed by atoms with E-state index in [4.69, 9.17) is 0 Å². The lowest BCUT2D eigenvalue weighted by Crippen LogP contribution is -2.50. The molecule has 0 spiro atoms. The van der Waals surface area contributed by atoms with E-state index in [0.29, 0.717) is 31.5 Å². The Labute approximate surface area is 219 Å². The summed E-state index contributed by atoms with van der Waals surface area (Å²) >= 11 is 0. The number of rotatable bonds is 13. The third-order valence-electron chi connectivity index (χ3n) is 5.36. The summed E-state index contributed by atoms with van der Waals surface area (Å²) in [6.07, 6.45) is -4.13. The van der Waals surface area contributed by atoms with Crippen molar-refractivity contribution in [2.45, 2.75) is 56.8 Å². The Hall–Kier alpha value is -3.19. The lowest BCUT2D eigenvalue weighted by atomic mass is 10.0. The Morgan fingerprint density at radius 3 is 2.24 bits per heavy atom. The molecule has 0 aliphatic rings. The molecule has 0 radical (unpaired) electrons. The molecule has 0 saturated heterocycles. The molecule has 0 fully saturated rings. The van der Waals surface area contributed by atoms with Crippen molar-refractivity contribution in [3.63, 3.8) is 0 Å². The van der Waals surface area contributed by atoms with Gasteiger partial charge in [0.15, 0.2) is 0 Å². The second kappa shape index (κ2) is 14.1. The van der Waals surface area contributed by atoms with E-state index < -0.39 is 50.5 Å². The number of hydrogen-bond donors (Lipinski definition) is 4. The highest BCUT2D eigenvalue weighted by atomic mass is 32.2. The number of sulfonamides is 1. The van der Waals surface area contributed by atoms with Crippen molar-refractivity contribution in [2.75, 3.05) is 13.1 Å². The van der Waals surface area contributed by atoms with E-state index in [1.54, 1.807) is 0 Å². The number of carbonyl (C=O) groups is 2. The Morgan fingerprint density at radius 1 is 0.947 bits per heavy atom. The Kier molecular flexibility index (Phi) is 11.5. The van der Waals surface area contributed by atoms with Gasteiger partial charge < -0.3 is 16.0 Å². The first kappa shape index (κ1) is 31.0. The van der Waals surface area contributed by atoms with E-state index >= 15 is 0 Å². The van der Waals surface area contributed by atoms with Gasteiger partial charge in [0.05, 0.1) is 10.5 Å². The number of amides is 3. The van der Waals surface area contributed by atoms with Gasteiger partial charge in [0.25, 0.3) is 0 Å². The van der Waals surface area contributed by atoms with Gasteiger partial charge in [0, 0.05) is 19.6 Å². The minimum absolute atomic E-state index is 0.114. The minimum atomic E-state index is -5.05. The second-order valence-electron chi connectivity index (χ2n) is 9.03. The van der Waals surface area contributed by atoms with E-state index in [2.05, 4.69) is 20.7 Å². The number of urea groups is 1. The van der Waals surface area contributed by atoms with Crippen molar-refractivity contribution >= 4 is 22.0 Å². The molecule has 4 N–H and O–H groups in total. The lowest BCUT2D eigenvalue weighted by molar-refractivity contribution is -0.140. The summed E-state index contributed by atoms with van der Waals surface area (Å²) in [5, 5.41) is 8.04. The quantitative estimate of drug-likeness (QED) is 0.219. The van der Waals surface area contributed by atoms with Crippen LogP contribution in [0, 0.1) is 11.7 Å². The highest BCUT2D eigenvalue weighted by molar-refractivity contribution is 7.89. The van der Waals surface area contributed by atoms with Gasteiger partial charge in [-0.1, -0.05) is 44.2 Å². The fourth-order valence-electron chi connectivity index (χ4n) is 3.52. The molecular weight excluding hydrogens is 528 g/mol. The Morgan fingerprint density at radius 2 is 1.61 bits per heavy atom. The molecule has 0 aliphatic carbocycles.